The number of nitrogens with zero attached hydrogens (tertiary/aromatic N) is 4. The van der Waals surface area contributed by atoms with Crippen LogP contribution in [0.1, 0.15) is 39.5 Å². The SMILES string of the molecule is c1ccc(C2=NC(c3ccccc3)NC(N(c3ccccc3)c3ccc4c(c3)C3(c5ccccc5-c5ccccc53)c3ccc5c(oc6c5ccc5c6c6ccccc6n5-c5ccccc5)c3-4)=N2)cc1. The van der Waals surface area contributed by atoms with Gasteiger partial charge in [-0.15, -0.1) is 0 Å². The molecule has 0 saturated heterocycles. The largest absolute Gasteiger partial charge is 0.455 e. The van der Waals surface area contributed by atoms with Gasteiger partial charge in [-0.25, -0.2) is 4.99 Å². The molecule has 0 amide bonds. The van der Waals surface area contributed by atoms with Crippen molar-refractivity contribution in [2.24, 2.45) is 9.98 Å². The number of hydrogen-bond acceptors (Lipinski definition) is 5. The van der Waals surface area contributed by atoms with Gasteiger partial charge in [0.05, 0.1) is 21.8 Å². The summed E-state index contributed by atoms with van der Waals surface area (Å²) in [4.78, 5) is 12.8. The van der Waals surface area contributed by atoms with Gasteiger partial charge in [0.25, 0.3) is 0 Å². The summed E-state index contributed by atoms with van der Waals surface area (Å²) >= 11 is 0. The number of guanidine groups is 1. The molecule has 10 aromatic carbocycles. The third-order valence-electron chi connectivity index (χ3n) is 14.9. The van der Waals surface area contributed by atoms with E-state index in [9.17, 15) is 0 Å². The van der Waals surface area contributed by atoms with Crippen LogP contribution in [-0.2, 0) is 5.41 Å². The summed E-state index contributed by atoms with van der Waals surface area (Å²) in [5.74, 6) is 1.35. The minimum Gasteiger partial charge on any atom is -0.455 e. The zero-order valence-corrected chi connectivity index (χ0v) is 37.8. The lowest BCUT2D eigenvalue weighted by atomic mass is 9.70. The highest BCUT2D eigenvalue weighted by Crippen LogP contribution is 2.64. The number of fused-ring (bicyclic) bond motifs is 18. The molecule has 1 N–H and O–H groups in total. The summed E-state index contributed by atoms with van der Waals surface area (Å²) in [6.45, 7) is 0. The first-order valence-corrected chi connectivity index (χ1v) is 23.9. The Balaban J connectivity index is 1.01. The third-order valence-corrected chi connectivity index (χ3v) is 14.9. The molecule has 3 heterocycles. The molecule has 0 fully saturated rings. The van der Waals surface area contributed by atoms with Crippen LogP contribution in [0.15, 0.2) is 251 Å². The van der Waals surface area contributed by atoms with Gasteiger partial charge in [0.15, 0.2) is 5.84 Å². The highest BCUT2D eigenvalue weighted by atomic mass is 16.3. The van der Waals surface area contributed by atoms with Gasteiger partial charge in [0.2, 0.25) is 5.96 Å². The normalized spacial score (nSPS) is 15.1. The van der Waals surface area contributed by atoms with Gasteiger partial charge in [-0.2, -0.15) is 4.99 Å². The predicted molar refractivity (Wildman–Crippen MR) is 286 cm³/mol. The number of rotatable bonds is 5. The molecular formula is C64H41N5O. The summed E-state index contributed by atoms with van der Waals surface area (Å²) < 4.78 is 9.85. The minimum absolute atomic E-state index is 0.372. The molecule has 2 aromatic heterocycles. The molecule has 328 valence electrons. The monoisotopic (exact) mass is 895 g/mol. The Morgan fingerprint density at radius 3 is 1.86 bits per heavy atom. The van der Waals surface area contributed by atoms with Gasteiger partial charge < -0.3 is 14.3 Å². The second-order valence-corrected chi connectivity index (χ2v) is 18.4. The van der Waals surface area contributed by atoms with Crippen molar-refractivity contribution < 1.29 is 4.42 Å². The summed E-state index contributed by atoms with van der Waals surface area (Å²) in [6.07, 6.45) is -0.372. The van der Waals surface area contributed by atoms with Crippen LogP contribution in [0.25, 0.3) is 71.7 Å². The van der Waals surface area contributed by atoms with Gasteiger partial charge in [-0.3, -0.25) is 4.90 Å². The molecule has 15 rings (SSSR count). The average molecular weight is 896 g/mol. The van der Waals surface area contributed by atoms with E-state index in [1.165, 1.54) is 33.4 Å². The Bertz CT molecular complexity index is 4110. The van der Waals surface area contributed by atoms with E-state index in [-0.39, 0.29) is 6.17 Å². The molecule has 70 heavy (non-hydrogen) atoms. The van der Waals surface area contributed by atoms with Crippen molar-refractivity contribution >= 4 is 66.9 Å². The zero-order valence-electron chi connectivity index (χ0n) is 37.8. The number of benzene rings is 10. The summed E-state index contributed by atoms with van der Waals surface area (Å²) in [5.41, 5.74) is 18.2. The number of furan rings is 1. The van der Waals surface area contributed by atoms with Crippen molar-refractivity contribution in [2.45, 2.75) is 11.6 Å². The van der Waals surface area contributed by atoms with E-state index >= 15 is 0 Å². The molecule has 2 aliphatic carbocycles. The van der Waals surface area contributed by atoms with Gasteiger partial charge in [-0.05, 0) is 99.1 Å². The summed E-state index contributed by atoms with van der Waals surface area (Å²) in [6, 6.07) is 84.8. The Labute approximate surface area is 403 Å². The van der Waals surface area contributed by atoms with Gasteiger partial charge in [-0.1, -0.05) is 182 Å². The van der Waals surface area contributed by atoms with E-state index in [2.05, 4.69) is 227 Å². The number of aliphatic imine (C=N–C) groups is 2. The molecule has 6 heteroatoms. The fourth-order valence-electron chi connectivity index (χ4n) is 12.0. The van der Waals surface area contributed by atoms with Crippen molar-refractivity contribution in [1.82, 2.24) is 9.88 Å². The fraction of sp³-hybridized carbons (Fsp3) is 0.0312. The highest BCUT2D eigenvalue weighted by molar-refractivity contribution is 6.25. The Morgan fingerprint density at radius 2 is 1.10 bits per heavy atom. The van der Waals surface area contributed by atoms with E-state index in [0.717, 1.165) is 83.1 Å². The first-order valence-electron chi connectivity index (χ1n) is 23.9. The highest BCUT2D eigenvalue weighted by Gasteiger charge is 2.53. The van der Waals surface area contributed by atoms with Crippen molar-refractivity contribution in [2.75, 3.05) is 4.90 Å². The van der Waals surface area contributed by atoms with E-state index in [4.69, 9.17) is 14.4 Å². The lowest BCUT2D eigenvalue weighted by Crippen LogP contribution is -2.43. The van der Waals surface area contributed by atoms with Crippen LogP contribution < -0.4 is 10.2 Å². The van der Waals surface area contributed by atoms with Crippen molar-refractivity contribution in [3.05, 3.63) is 270 Å². The fourth-order valence-corrected chi connectivity index (χ4v) is 12.0. The van der Waals surface area contributed by atoms with Crippen molar-refractivity contribution in [3.63, 3.8) is 0 Å². The van der Waals surface area contributed by atoms with Crippen LogP contribution in [0.5, 0.6) is 0 Å². The number of anilines is 2. The maximum Gasteiger partial charge on any atom is 0.211 e. The van der Waals surface area contributed by atoms with Crippen LogP contribution in [0.3, 0.4) is 0 Å². The lowest BCUT2D eigenvalue weighted by Gasteiger charge is -2.34. The standard InChI is InChI=1S/C64H41N5O/c1-5-19-40(20-6-1)61-65-62(41-21-7-2-8-22-41)67-63(66-61)68(42-23-9-3-10-24-42)44-33-34-49-54(39-44)64(51-30-16-13-27-45(51)46-28-14-17-31-52(46)64)53-37-35-47-48-36-38-56-58(60(48)70-59(47)57(49)53)50-29-15-18-32-55(50)69(56)43-25-11-4-12-26-43/h1-39,61H,(H,65,66,67). The number of aromatic nitrogens is 1. The Kier molecular flexibility index (Phi) is 8.24. The van der Waals surface area contributed by atoms with Crippen LogP contribution >= 0.6 is 0 Å². The van der Waals surface area contributed by atoms with Crippen LogP contribution in [0, 0.1) is 0 Å². The first-order chi connectivity index (χ1) is 34.7. The number of hydrogen-bond donors (Lipinski definition) is 1. The minimum atomic E-state index is -0.646. The second kappa shape index (κ2) is 14.9. The van der Waals surface area contributed by atoms with E-state index in [1.807, 2.05) is 24.3 Å². The lowest BCUT2D eigenvalue weighted by molar-refractivity contribution is 0.667. The van der Waals surface area contributed by atoms with Gasteiger partial charge in [0.1, 0.15) is 17.3 Å². The summed E-state index contributed by atoms with van der Waals surface area (Å²) in [7, 11) is 0. The van der Waals surface area contributed by atoms with Gasteiger partial charge in [0, 0.05) is 44.3 Å². The van der Waals surface area contributed by atoms with Crippen LogP contribution in [0.2, 0.25) is 0 Å². The molecular weight excluding hydrogens is 855 g/mol. The molecule has 0 bridgehead atoms. The van der Waals surface area contributed by atoms with E-state index in [1.54, 1.807) is 0 Å². The van der Waals surface area contributed by atoms with Crippen LogP contribution in [-0.4, -0.2) is 16.4 Å². The summed E-state index contributed by atoms with van der Waals surface area (Å²) in [5, 5.41) is 8.28. The molecule has 0 radical (unpaired) electrons. The smallest absolute Gasteiger partial charge is 0.211 e. The predicted octanol–water partition coefficient (Wildman–Crippen LogP) is 15.3. The molecule has 1 aliphatic heterocycles. The molecule has 12 aromatic rings. The van der Waals surface area contributed by atoms with E-state index in [0.29, 0.717) is 11.8 Å². The van der Waals surface area contributed by atoms with Crippen molar-refractivity contribution in [3.8, 4) is 27.9 Å². The average Bonchev–Trinajstić information content (AvgIpc) is 4.17. The number of amidine groups is 1. The molecule has 0 saturated carbocycles. The molecule has 1 spiro atoms. The van der Waals surface area contributed by atoms with Gasteiger partial charge >= 0.3 is 0 Å². The topological polar surface area (TPSA) is 58.1 Å². The quantitative estimate of drug-likeness (QED) is 0.187. The van der Waals surface area contributed by atoms with Crippen molar-refractivity contribution in [1.29, 1.82) is 0 Å². The Morgan fingerprint density at radius 1 is 0.471 bits per heavy atom. The molecule has 1 unspecified atom stereocenters. The Hall–Kier alpha value is -9.26. The second-order valence-electron chi connectivity index (χ2n) is 18.4. The third kappa shape index (κ3) is 5.38. The zero-order chi connectivity index (χ0) is 45.9. The van der Waals surface area contributed by atoms with Crippen LogP contribution in [0.4, 0.5) is 11.4 Å². The maximum absolute atomic E-state index is 7.49. The molecule has 6 nitrogen and oxygen atoms in total. The molecule has 3 aliphatic rings. The number of nitrogens with one attached hydrogen (secondary N) is 1. The number of para-hydroxylation sites is 3. The maximum atomic E-state index is 7.49. The first kappa shape index (κ1) is 38.8. The molecule has 1 atom stereocenters. The van der Waals surface area contributed by atoms with E-state index < -0.39 is 5.41 Å².